The lowest BCUT2D eigenvalue weighted by Crippen LogP contribution is -2.26. The highest BCUT2D eigenvalue weighted by Gasteiger charge is 2.03. The van der Waals surface area contributed by atoms with Gasteiger partial charge in [0.25, 0.3) is 0 Å². The standard InChI is InChI=1S/C11H16N2O/c1-3-11(13-12)9-5-7-10(8-6-9)14-4-2/h3,5-8,11,13H,1,4,12H2,2H3. The molecular weight excluding hydrogens is 176 g/mol. The fraction of sp³-hybridized carbons (Fsp3) is 0.273. The Hall–Kier alpha value is -1.32. The summed E-state index contributed by atoms with van der Waals surface area (Å²) in [6, 6.07) is 7.78. The largest absolute Gasteiger partial charge is 0.494 e. The Bertz CT molecular complexity index is 282. The van der Waals surface area contributed by atoms with E-state index in [0.717, 1.165) is 11.3 Å². The molecule has 1 unspecified atom stereocenters. The molecule has 0 aliphatic heterocycles. The highest BCUT2D eigenvalue weighted by Crippen LogP contribution is 2.17. The Morgan fingerprint density at radius 2 is 2.14 bits per heavy atom. The molecule has 0 amide bonds. The van der Waals surface area contributed by atoms with Crippen LogP contribution in [-0.2, 0) is 0 Å². The predicted octanol–water partition coefficient (Wildman–Crippen LogP) is 1.78. The average Bonchev–Trinajstić information content (AvgIpc) is 2.23. The van der Waals surface area contributed by atoms with E-state index in [1.54, 1.807) is 6.08 Å². The van der Waals surface area contributed by atoms with Crippen molar-refractivity contribution in [2.75, 3.05) is 6.61 Å². The van der Waals surface area contributed by atoms with Gasteiger partial charge in [-0.2, -0.15) is 0 Å². The third-order valence-electron chi connectivity index (χ3n) is 1.97. The van der Waals surface area contributed by atoms with Gasteiger partial charge < -0.3 is 4.74 Å². The Morgan fingerprint density at radius 3 is 2.57 bits per heavy atom. The van der Waals surface area contributed by atoms with E-state index in [1.807, 2.05) is 31.2 Å². The SMILES string of the molecule is C=CC(NN)c1ccc(OCC)cc1. The van der Waals surface area contributed by atoms with E-state index in [1.165, 1.54) is 0 Å². The van der Waals surface area contributed by atoms with Gasteiger partial charge in [-0.15, -0.1) is 6.58 Å². The summed E-state index contributed by atoms with van der Waals surface area (Å²) in [7, 11) is 0. The molecule has 0 saturated heterocycles. The van der Waals surface area contributed by atoms with Crippen LogP contribution in [0, 0.1) is 0 Å². The van der Waals surface area contributed by atoms with Gasteiger partial charge in [0.05, 0.1) is 12.6 Å². The number of ether oxygens (including phenoxy) is 1. The van der Waals surface area contributed by atoms with E-state index < -0.39 is 0 Å². The van der Waals surface area contributed by atoms with Gasteiger partial charge in [-0.3, -0.25) is 5.84 Å². The molecule has 3 heteroatoms. The maximum atomic E-state index is 5.36. The van der Waals surface area contributed by atoms with Crippen molar-refractivity contribution in [3.05, 3.63) is 42.5 Å². The molecule has 0 aromatic heterocycles. The molecule has 0 aliphatic carbocycles. The summed E-state index contributed by atoms with van der Waals surface area (Å²) in [5, 5.41) is 0. The minimum atomic E-state index is -0.00863. The molecule has 0 bridgehead atoms. The Morgan fingerprint density at radius 1 is 1.50 bits per heavy atom. The van der Waals surface area contributed by atoms with Crippen molar-refractivity contribution >= 4 is 0 Å². The molecule has 3 N–H and O–H groups in total. The molecule has 0 aliphatic rings. The first-order chi connectivity index (χ1) is 6.81. The lowest BCUT2D eigenvalue weighted by atomic mass is 10.1. The molecule has 0 radical (unpaired) electrons. The topological polar surface area (TPSA) is 47.3 Å². The zero-order valence-electron chi connectivity index (χ0n) is 8.36. The second-order valence-electron chi connectivity index (χ2n) is 2.88. The van der Waals surface area contributed by atoms with Gasteiger partial charge in [0, 0.05) is 0 Å². The number of hydrogen-bond donors (Lipinski definition) is 2. The van der Waals surface area contributed by atoms with Crippen molar-refractivity contribution in [3.63, 3.8) is 0 Å². The van der Waals surface area contributed by atoms with E-state index in [2.05, 4.69) is 12.0 Å². The van der Waals surface area contributed by atoms with Crippen LogP contribution in [0.4, 0.5) is 0 Å². The third-order valence-corrected chi connectivity index (χ3v) is 1.97. The van der Waals surface area contributed by atoms with E-state index >= 15 is 0 Å². The van der Waals surface area contributed by atoms with E-state index in [0.29, 0.717) is 6.61 Å². The first-order valence-electron chi connectivity index (χ1n) is 4.63. The number of rotatable bonds is 5. The minimum Gasteiger partial charge on any atom is -0.494 e. The summed E-state index contributed by atoms with van der Waals surface area (Å²) >= 11 is 0. The molecule has 0 spiro atoms. The number of hydrogen-bond acceptors (Lipinski definition) is 3. The van der Waals surface area contributed by atoms with E-state index in [-0.39, 0.29) is 6.04 Å². The van der Waals surface area contributed by atoms with Crippen LogP contribution >= 0.6 is 0 Å². The molecule has 1 atom stereocenters. The van der Waals surface area contributed by atoms with Crippen molar-refractivity contribution in [3.8, 4) is 5.75 Å². The Kier molecular flexibility index (Phi) is 4.16. The van der Waals surface area contributed by atoms with Crippen LogP contribution in [0.1, 0.15) is 18.5 Å². The van der Waals surface area contributed by atoms with Crippen molar-refractivity contribution in [2.45, 2.75) is 13.0 Å². The fourth-order valence-corrected chi connectivity index (χ4v) is 1.24. The maximum absolute atomic E-state index is 5.36. The van der Waals surface area contributed by atoms with Gasteiger partial charge in [-0.05, 0) is 24.6 Å². The van der Waals surface area contributed by atoms with Crippen LogP contribution in [0.15, 0.2) is 36.9 Å². The second-order valence-corrected chi connectivity index (χ2v) is 2.88. The smallest absolute Gasteiger partial charge is 0.119 e. The quantitative estimate of drug-likeness (QED) is 0.424. The van der Waals surface area contributed by atoms with Gasteiger partial charge in [-0.1, -0.05) is 18.2 Å². The summed E-state index contributed by atoms with van der Waals surface area (Å²) in [6.07, 6.45) is 1.76. The molecule has 0 heterocycles. The third kappa shape index (κ3) is 2.58. The Labute approximate surface area is 84.5 Å². The summed E-state index contributed by atoms with van der Waals surface area (Å²) in [5.41, 5.74) is 3.74. The van der Waals surface area contributed by atoms with Crippen LogP contribution in [-0.4, -0.2) is 6.61 Å². The highest BCUT2D eigenvalue weighted by atomic mass is 16.5. The molecular formula is C11H16N2O. The fourth-order valence-electron chi connectivity index (χ4n) is 1.24. The van der Waals surface area contributed by atoms with E-state index in [4.69, 9.17) is 10.6 Å². The van der Waals surface area contributed by atoms with Crippen LogP contribution in [0.25, 0.3) is 0 Å². The highest BCUT2D eigenvalue weighted by molar-refractivity contribution is 5.30. The van der Waals surface area contributed by atoms with Crippen molar-refractivity contribution in [2.24, 2.45) is 5.84 Å². The molecule has 1 aromatic rings. The monoisotopic (exact) mass is 192 g/mol. The maximum Gasteiger partial charge on any atom is 0.119 e. The lowest BCUT2D eigenvalue weighted by molar-refractivity contribution is 0.340. The van der Waals surface area contributed by atoms with Crippen molar-refractivity contribution < 1.29 is 4.74 Å². The van der Waals surface area contributed by atoms with Crippen LogP contribution in [0.2, 0.25) is 0 Å². The first-order valence-corrected chi connectivity index (χ1v) is 4.63. The molecule has 1 aromatic carbocycles. The minimum absolute atomic E-state index is 0.00863. The average molecular weight is 192 g/mol. The number of nitrogens with two attached hydrogens (primary N) is 1. The van der Waals surface area contributed by atoms with Crippen LogP contribution < -0.4 is 16.0 Å². The molecule has 0 fully saturated rings. The number of benzene rings is 1. The van der Waals surface area contributed by atoms with Gasteiger partial charge in [-0.25, -0.2) is 5.43 Å². The van der Waals surface area contributed by atoms with Crippen LogP contribution in [0.3, 0.4) is 0 Å². The normalized spacial score (nSPS) is 12.1. The van der Waals surface area contributed by atoms with Gasteiger partial charge in [0.15, 0.2) is 0 Å². The van der Waals surface area contributed by atoms with Crippen LogP contribution in [0.5, 0.6) is 5.75 Å². The number of hydrazine groups is 1. The van der Waals surface area contributed by atoms with Gasteiger partial charge in [0.1, 0.15) is 5.75 Å². The van der Waals surface area contributed by atoms with Crippen molar-refractivity contribution in [1.29, 1.82) is 0 Å². The summed E-state index contributed by atoms with van der Waals surface area (Å²) in [6.45, 7) is 6.33. The summed E-state index contributed by atoms with van der Waals surface area (Å²) in [5.74, 6) is 6.23. The molecule has 76 valence electrons. The second kappa shape index (κ2) is 5.42. The van der Waals surface area contributed by atoms with E-state index in [9.17, 15) is 0 Å². The molecule has 0 saturated carbocycles. The summed E-state index contributed by atoms with van der Waals surface area (Å²) < 4.78 is 5.33. The molecule has 14 heavy (non-hydrogen) atoms. The predicted molar refractivity (Wildman–Crippen MR) is 57.9 cm³/mol. The zero-order valence-corrected chi connectivity index (χ0v) is 8.36. The van der Waals surface area contributed by atoms with Crippen molar-refractivity contribution in [1.82, 2.24) is 5.43 Å². The first kappa shape index (κ1) is 10.8. The molecule has 1 rings (SSSR count). The lowest BCUT2D eigenvalue weighted by Gasteiger charge is -2.11. The number of nitrogens with one attached hydrogen (secondary N) is 1. The summed E-state index contributed by atoms with van der Waals surface area (Å²) in [4.78, 5) is 0. The van der Waals surface area contributed by atoms with Gasteiger partial charge >= 0.3 is 0 Å². The molecule has 3 nitrogen and oxygen atoms in total. The zero-order chi connectivity index (χ0) is 10.4. The van der Waals surface area contributed by atoms with Gasteiger partial charge in [0.2, 0.25) is 0 Å². The Balaban J connectivity index is 2.76.